The third kappa shape index (κ3) is 4.97. The highest BCUT2D eigenvalue weighted by Crippen LogP contribution is 2.43. The molecule has 0 saturated carbocycles. The minimum absolute atomic E-state index is 0.271. The van der Waals surface area contributed by atoms with Crippen LogP contribution in [-0.4, -0.2) is 18.2 Å². The van der Waals surface area contributed by atoms with E-state index in [0.29, 0.717) is 18.2 Å². The highest BCUT2D eigenvalue weighted by Gasteiger charge is 2.49. The first kappa shape index (κ1) is 27.8. The minimum atomic E-state index is -3.25. The summed E-state index contributed by atoms with van der Waals surface area (Å²) in [6.45, 7) is 8.27. The van der Waals surface area contributed by atoms with Crippen LogP contribution in [0.2, 0.25) is 5.04 Å². The molecule has 1 atom stereocenters. The highest BCUT2D eigenvalue weighted by molar-refractivity contribution is 6.98. The lowest BCUT2D eigenvalue weighted by molar-refractivity contribution is 0.130. The van der Waals surface area contributed by atoms with Gasteiger partial charge in [0.1, 0.15) is 11.9 Å². The number of fused-ring (bicyclic) bond motifs is 1. The summed E-state index contributed by atoms with van der Waals surface area (Å²) in [5.41, 5.74) is 3.46. The van der Waals surface area contributed by atoms with Crippen molar-refractivity contribution in [1.82, 2.24) is 0 Å². The van der Waals surface area contributed by atoms with E-state index in [2.05, 4.69) is 39.8 Å². The van der Waals surface area contributed by atoms with Crippen molar-refractivity contribution in [2.45, 2.75) is 51.7 Å². The highest BCUT2D eigenvalue weighted by atomic mass is 28.4. The third-order valence-electron chi connectivity index (χ3n) is 8.37. The second kappa shape index (κ2) is 11.0. The summed E-state index contributed by atoms with van der Waals surface area (Å²) in [5, 5.41) is 14.2. The van der Waals surface area contributed by atoms with Gasteiger partial charge in [0.2, 0.25) is 0 Å². The Kier molecular flexibility index (Phi) is 7.65. The number of hydrogen-bond acceptors (Lipinski definition) is 4. The average molecular weight is 549 g/mol. The van der Waals surface area contributed by atoms with E-state index in [-0.39, 0.29) is 5.76 Å². The van der Waals surface area contributed by atoms with Gasteiger partial charge in [-0.2, -0.15) is 0 Å². The Hall–Kier alpha value is -3.77. The number of hydrogen-bond donors (Lipinski definition) is 2. The smallest absolute Gasteiger partial charge is 0.343 e. The zero-order valence-electron chi connectivity index (χ0n) is 23.5. The average Bonchev–Trinajstić information content (AvgIpc) is 2.98. The van der Waals surface area contributed by atoms with Gasteiger partial charge in [-0.15, -0.1) is 0 Å². The Morgan fingerprint density at radius 3 is 1.90 bits per heavy atom. The molecule has 0 spiro atoms. The van der Waals surface area contributed by atoms with E-state index in [1.807, 2.05) is 84.9 Å². The normalized spacial score (nSPS) is 12.9. The van der Waals surface area contributed by atoms with Crippen LogP contribution in [0.4, 0.5) is 0 Å². The lowest BCUT2D eigenvalue weighted by atomic mass is 9.92. The molecule has 1 heterocycles. The fraction of sp³-hybridized carbons (Fsp3) is 0.229. The van der Waals surface area contributed by atoms with Crippen molar-refractivity contribution in [2.75, 3.05) is 0 Å². The summed E-state index contributed by atoms with van der Waals surface area (Å²) in [7, 11) is -3.25. The van der Waals surface area contributed by atoms with Crippen molar-refractivity contribution < 1.29 is 14.3 Å². The number of benzene rings is 4. The fourth-order valence-electron chi connectivity index (χ4n) is 5.76. The van der Waals surface area contributed by atoms with Crippen LogP contribution >= 0.6 is 0 Å². The summed E-state index contributed by atoms with van der Waals surface area (Å²) in [6.07, 6.45) is -0.192. The Balaban J connectivity index is 1.56. The van der Waals surface area contributed by atoms with Crippen LogP contribution in [0.3, 0.4) is 0 Å². The third-order valence-corrected chi connectivity index (χ3v) is 12.9. The minimum Gasteiger partial charge on any atom is -0.424 e. The van der Waals surface area contributed by atoms with Crippen LogP contribution in [0.25, 0.3) is 21.9 Å². The van der Waals surface area contributed by atoms with Crippen LogP contribution in [-0.2, 0) is 0 Å². The van der Waals surface area contributed by atoms with E-state index in [4.69, 9.17) is 4.42 Å². The van der Waals surface area contributed by atoms with Gasteiger partial charge in [-0.3, -0.25) is 0 Å². The summed E-state index contributed by atoms with van der Waals surface area (Å²) < 4.78 is 5.87. The van der Waals surface area contributed by atoms with Crippen LogP contribution < -0.4 is 16.0 Å². The largest absolute Gasteiger partial charge is 0.424 e. The van der Waals surface area contributed by atoms with Crippen LogP contribution in [0.1, 0.15) is 49.7 Å². The molecule has 0 saturated heterocycles. The maximum atomic E-state index is 13.0. The van der Waals surface area contributed by atoms with Gasteiger partial charge < -0.3 is 14.3 Å². The Labute approximate surface area is 236 Å². The number of aliphatic hydroxyl groups is 1. The van der Waals surface area contributed by atoms with E-state index >= 15 is 0 Å². The van der Waals surface area contributed by atoms with Gasteiger partial charge in [-0.1, -0.05) is 111 Å². The topological polar surface area (TPSA) is 70.7 Å². The SMILES string of the molecule is Cc1ccc(-c2c([C@H](O)CCC(C)(C)[Si](O)(c3ccccc3)c3ccccc3)oc(=O)c3ccccc23)cc1C. The molecular formula is C35H36O4Si. The lowest BCUT2D eigenvalue weighted by Crippen LogP contribution is -2.65. The van der Waals surface area contributed by atoms with Crippen molar-refractivity contribution >= 4 is 29.5 Å². The van der Waals surface area contributed by atoms with Crippen molar-refractivity contribution in [2.24, 2.45) is 0 Å². The fourth-order valence-corrected chi connectivity index (χ4v) is 9.52. The molecule has 2 N–H and O–H groups in total. The Morgan fingerprint density at radius 2 is 1.32 bits per heavy atom. The molecule has 1 aromatic heterocycles. The number of rotatable bonds is 8. The standard InChI is InChI=1S/C35H36O4Si/c1-24-19-20-26(23-25(24)2)32-29-17-11-12-18-30(29)34(37)39-33(32)31(36)21-22-35(3,4)40(38,27-13-7-5-8-14-27)28-15-9-6-10-16-28/h5-20,23,31,36,38H,21-22H2,1-4H3/t31-/m1/s1. The van der Waals surface area contributed by atoms with E-state index < -0.39 is 25.1 Å². The second-order valence-electron chi connectivity index (χ2n) is 11.4. The van der Waals surface area contributed by atoms with E-state index in [0.717, 1.165) is 32.5 Å². The molecule has 5 rings (SSSR count). The summed E-state index contributed by atoms with van der Waals surface area (Å²) in [5.74, 6) is 0.271. The Morgan fingerprint density at radius 1 is 0.775 bits per heavy atom. The molecule has 0 amide bonds. The maximum absolute atomic E-state index is 13.0. The first-order chi connectivity index (χ1) is 19.1. The van der Waals surface area contributed by atoms with Crippen LogP contribution in [0, 0.1) is 13.8 Å². The van der Waals surface area contributed by atoms with Gasteiger partial charge in [-0.05, 0) is 64.9 Å². The molecule has 0 aliphatic rings. The van der Waals surface area contributed by atoms with Gasteiger partial charge >= 0.3 is 5.63 Å². The zero-order chi connectivity index (χ0) is 28.5. The van der Waals surface area contributed by atoms with Crippen molar-refractivity contribution in [3.8, 4) is 11.1 Å². The zero-order valence-corrected chi connectivity index (χ0v) is 24.5. The predicted octanol–water partition coefficient (Wildman–Crippen LogP) is 6.42. The van der Waals surface area contributed by atoms with E-state index in [1.165, 1.54) is 5.56 Å². The van der Waals surface area contributed by atoms with Gasteiger partial charge in [0.15, 0.2) is 0 Å². The molecule has 204 valence electrons. The maximum Gasteiger partial charge on any atom is 0.343 e. The summed E-state index contributed by atoms with van der Waals surface area (Å²) in [6, 6.07) is 33.3. The molecule has 40 heavy (non-hydrogen) atoms. The van der Waals surface area contributed by atoms with E-state index in [9.17, 15) is 14.7 Å². The molecule has 0 aliphatic carbocycles. The first-order valence-corrected chi connectivity index (χ1v) is 15.7. The summed E-state index contributed by atoms with van der Waals surface area (Å²) in [4.78, 5) is 25.6. The molecular weight excluding hydrogens is 512 g/mol. The van der Waals surface area contributed by atoms with Crippen molar-refractivity contribution in [3.05, 3.63) is 130 Å². The van der Waals surface area contributed by atoms with Gasteiger partial charge in [-0.25, -0.2) is 4.79 Å². The van der Waals surface area contributed by atoms with Crippen LogP contribution in [0.5, 0.6) is 0 Å². The number of aliphatic hydroxyl groups excluding tert-OH is 1. The van der Waals surface area contributed by atoms with E-state index in [1.54, 1.807) is 6.07 Å². The molecule has 0 radical (unpaired) electrons. The molecule has 5 heteroatoms. The van der Waals surface area contributed by atoms with Crippen molar-refractivity contribution in [1.29, 1.82) is 0 Å². The predicted molar refractivity (Wildman–Crippen MR) is 166 cm³/mol. The molecule has 0 unspecified atom stereocenters. The quantitative estimate of drug-likeness (QED) is 0.220. The van der Waals surface area contributed by atoms with Gasteiger partial charge in [0.05, 0.1) is 5.39 Å². The molecule has 0 bridgehead atoms. The van der Waals surface area contributed by atoms with Gasteiger partial charge in [0.25, 0.3) is 8.32 Å². The lowest BCUT2D eigenvalue weighted by Gasteiger charge is -2.41. The molecule has 4 nitrogen and oxygen atoms in total. The molecule has 0 fully saturated rings. The van der Waals surface area contributed by atoms with Crippen LogP contribution in [0.15, 0.2) is 112 Å². The first-order valence-electron chi connectivity index (χ1n) is 13.8. The van der Waals surface area contributed by atoms with Crippen molar-refractivity contribution in [3.63, 3.8) is 0 Å². The number of aryl methyl sites for hydroxylation is 2. The summed E-state index contributed by atoms with van der Waals surface area (Å²) >= 11 is 0. The molecule has 4 aromatic carbocycles. The second-order valence-corrected chi connectivity index (χ2v) is 15.3. The monoisotopic (exact) mass is 548 g/mol. The molecule has 0 aliphatic heterocycles. The molecule has 5 aromatic rings. The van der Waals surface area contributed by atoms with Gasteiger partial charge in [0, 0.05) is 10.9 Å². The Bertz CT molecular complexity index is 1650.